The summed E-state index contributed by atoms with van der Waals surface area (Å²) in [6, 6.07) is 6.76. The lowest BCUT2D eigenvalue weighted by Crippen LogP contribution is -2.73. The Morgan fingerprint density at radius 2 is 1.86 bits per heavy atom. The molecular formula is C29H26ClF3N8O. The number of benzene rings is 1. The molecule has 1 spiro atoms. The number of hydrogen-bond donors (Lipinski definition) is 0. The van der Waals surface area contributed by atoms with Gasteiger partial charge in [0.25, 0.3) is 0 Å². The van der Waals surface area contributed by atoms with E-state index in [4.69, 9.17) is 11.6 Å². The fraction of sp³-hybridized carbons (Fsp3) is 0.345. The van der Waals surface area contributed by atoms with Gasteiger partial charge in [-0.25, -0.2) is 19.3 Å². The Labute approximate surface area is 243 Å². The monoisotopic (exact) mass is 594 g/mol. The van der Waals surface area contributed by atoms with Gasteiger partial charge in [0, 0.05) is 82.0 Å². The Morgan fingerprint density at radius 3 is 2.57 bits per heavy atom. The molecule has 9 nitrogen and oxygen atoms in total. The van der Waals surface area contributed by atoms with Gasteiger partial charge in [0.1, 0.15) is 11.3 Å². The van der Waals surface area contributed by atoms with E-state index >= 15 is 0 Å². The second-order valence-corrected chi connectivity index (χ2v) is 12.1. The predicted molar refractivity (Wildman–Crippen MR) is 153 cm³/mol. The van der Waals surface area contributed by atoms with Crippen molar-refractivity contribution in [2.24, 2.45) is 12.5 Å². The molecular weight excluding hydrogens is 569 g/mol. The molecule has 0 saturated carbocycles. The summed E-state index contributed by atoms with van der Waals surface area (Å²) < 4.78 is 49.1. The summed E-state index contributed by atoms with van der Waals surface area (Å²) in [6.07, 6.45) is 2.67. The largest absolute Gasteiger partial charge is 0.417 e. The first kappa shape index (κ1) is 25.5. The SMILES string of the molecule is CN1CCc2cc(N3CC4(CN(C(=O)n5ccnc5Cl)C4)C3)n3cccc(c23)-c2c(C(F)(F)F)cc3c(ncn3C)c21. The average molecular weight is 595 g/mol. The van der Waals surface area contributed by atoms with Crippen LogP contribution in [-0.4, -0.2) is 74.2 Å². The van der Waals surface area contributed by atoms with Gasteiger partial charge in [-0.05, 0) is 41.8 Å². The fourth-order valence-electron chi connectivity index (χ4n) is 7.08. The summed E-state index contributed by atoms with van der Waals surface area (Å²) in [5, 5.41) is 0.140. The number of aromatic nitrogens is 5. The third kappa shape index (κ3) is 3.47. The van der Waals surface area contributed by atoms with Gasteiger partial charge >= 0.3 is 12.2 Å². The molecule has 7 heterocycles. The molecule has 42 heavy (non-hydrogen) atoms. The molecule has 216 valence electrons. The predicted octanol–water partition coefficient (Wildman–Crippen LogP) is 5.14. The topological polar surface area (TPSA) is 66.8 Å². The number of anilines is 2. The number of likely N-dealkylation sites (N-methyl/N-ethyl adjacent to an activating group) is 1. The number of nitrogens with zero attached hydrogens (tertiary/aromatic N) is 8. The van der Waals surface area contributed by atoms with E-state index in [2.05, 4.69) is 20.9 Å². The number of aryl methyl sites for hydroxylation is 1. The zero-order valence-corrected chi connectivity index (χ0v) is 23.6. The number of amides is 1. The van der Waals surface area contributed by atoms with E-state index in [1.807, 2.05) is 28.6 Å². The summed E-state index contributed by atoms with van der Waals surface area (Å²) in [7, 11) is 3.56. The Bertz CT molecular complexity index is 1920. The van der Waals surface area contributed by atoms with Crippen molar-refractivity contribution in [3.63, 3.8) is 0 Å². The highest BCUT2D eigenvalue weighted by Crippen LogP contribution is 2.50. The number of carbonyl (C=O) groups is 1. The van der Waals surface area contributed by atoms with Crippen LogP contribution in [0.4, 0.5) is 29.5 Å². The molecule has 0 bridgehead atoms. The van der Waals surface area contributed by atoms with Gasteiger partial charge in [-0.1, -0.05) is 6.07 Å². The first-order valence-corrected chi connectivity index (χ1v) is 14.1. The van der Waals surface area contributed by atoms with Gasteiger partial charge in [0.2, 0.25) is 5.28 Å². The second-order valence-electron chi connectivity index (χ2n) is 11.8. The van der Waals surface area contributed by atoms with Gasteiger partial charge in [0.05, 0.1) is 28.6 Å². The van der Waals surface area contributed by atoms with Crippen molar-refractivity contribution in [2.45, 2.75) is 12.6 Å². The van der Waals surface area contributed by atoms with Crippen molar-refractivity contribution in [1.29, 1.82) is 0 Å². The molecule has 5 aromatic rings. The van der Waals surface area contributed by atoms with Crippen LogP contribution in [0.3, 0.4) is 0 Å². The molecule has 0 atom stereocenters. The molecule has 8 rings (SSSR count). The first-order chi connectivity index (χ1) is 20.0. The third-order valence-corrected chi connectivity index (χ3v) is 9.30. The van der Waals surface area contributed by atoms with Crippen molar-refractivity contribution in [3.05, 3.63) is 65.6 Å². The maximum Gasteiger partial charge on any atom is 0.417 e. The quantitative estimate of drug-likeness (QED) is 0.269. The number of halogens is 4. The van der Waals surface area contributed by atoms with E-state index in [1.54, 1.807) is 35.1 Å². The Balaban J connectivity index is 1.19. The molecule has 2 saturated heterocycles. The third-order valence-electron chi connectivity index (χ3n) is 9.02. The molecule has 0 aliphatic carbocycles. The molecule has 4 aromatic heterocycles. The summed E-state index contributed by atoms with van der Waals surface area (Å²) in [5.41, 5.74) is 3.35. The van der Waals surface area contributed by atoms with E-state index in [1.165, 1.54) is 16.8 Å². The van der Waals surface area contributed by atoms with Crippen LogP contribution >= 0.6 is 11.6 Å². The zero-order chi connectivity index (χ0) is 29.1. The van der Waals surface area contributed by atoms with Crippen LogP contribution in [0.5, 0.6) is 0 Å². The van der Waals surface area contributed by atoms with Crippen LogP contribution in [0.25, 0.3) is 27.7 Å². The minimum absolute atomic E-state index is 0.0144. The number of pyridine rings is 1. The maximum absolute atomic E-state index is 14.7. The van der Waals surface area contributed by atoms with Gasteiger partial charge in [-0.3, -0.25) is 0 Å². The number of imidazole rings is 2. The molecule has 13 heteroatoms. The van der Waals surface area contributed by atoms with E-state index in [9.17, 15) is 18.0 Å². The summed E-state index contributed by atoms with van der Waals surface area (Å²) in [5.74, 6) is 0.952. The highest BCUT2D eigenvalue weighted by molar-refractivity contribution is 6.29. The van der Waals surface area contributed by atoms with Crippen LogP contribution in [0, 0.1) is 5.41 Å². The molecule has 0 unspecified atom stereocenters. The first-order valence-electron chi connectivity index (χ1n) is 13.7. The number of fused-ring (bicyclic) bond motifs is 4. The number of alkyl halides is 3. The van der Waals surface area contributed by atoms with Gasteiger partial charge in [0.15, 0.2) is 0 Å². The molecule has 3 aliphatic heterocycles. The molecule has 1 amide bonds. The standard InChI is InChI=1S/C29H26ClF3N8O/c1-36-8-5-17-10-21(38-12-28(13-38)14-39(15-28)27(42)41-9-6-34-26(41)30)40-7-3-4-18(24(17)40)22-19(29(31,32)33)11-20-23(25(22)36)35-16-37(20)2/h3-4,6-7,9-11,16H,5,8,12-15H2,1-2H3. The van der Waals surface area contributed by atoms with Gasteiger partial charge in [-0.15, -0.1) is 0 Å². The number of rotatable bonds is 1. The Morgan fingerprint density at radius 1 is 1.07 bits per heavy atom. The molecule has 3 aliphatic rings. The molecule has 1 aromatic carbocycles. The van der Waals surface area contributed by atoms with Crippen molar-refractivity contribution in [2.75, 3.05) is 49.6 Å². The number of hydrogen-bond acceptors (Lipinski definition) is 5. The van der Waals surface area contributed by atoms with E-state index in [0.717, 1.165) is 30.0 Å². The fourth-order valence-corrected chi connectivity index (χ4v) is 7.26. The second kappa shape index (κ2) is 8.43. The summed E-state index contributed by atoms with van der Waals surface area (Å²) in [4.78, 5) is 27.1. The highest BCUT2D eigenvalue weighted by Gasteiger charge is 2.54. The molecule has 0 N–H and O–H groups in total. The maximum atomic E-state index is 14.7. The molecule has 2 fully saturated rings. The van der Waals surface area contributed by atoms with Gasteiger partial charge < -0.3 is 23.7 Å². The minimum Gasteiger partial charge on any atom is -0.372 e. The zero-order valence-electron chi connectivity index (χ0n) is 22.9. The molecule has 0 radical (unpaired) electrons. The number of likely N-dealkylation sites (tertiary alicyclic amines) is 1. The van der Waals surface area contributed by atoms with Crippen LogP contribution in [0.15, 0.2) is 49.2 Å². The van der Waals surface area contributed by atoms with Crippen LogP contribution < -0.4 is 9.80 Å². The van der Waals surface area contributed by atoms with Crippen molar-refractivity contribution in [3.8, 4) is 11.1 Å². The van der Waals surface area contributed by atoms with E-state index < -0.39 is 11.7 Å². The van der Waals surface area contributed by atoms with Crippen LogP contribution in [0.2, 0.25) is 5.28 Å². The van der Waals surface area contributed by atoms with Crippen molar-refractivity contribution < 1.29 is 18.0 Å². The Kier molecular flexibility index (Phi) is 5.12. The van der Waals surface area contributed by atoms with Crippen LogP contribution in [0.1, 0.15) is 11.1 Å². The smallest absolute Gasteiger partial charge is 0.372 e. The lowest BCUT2D eigenvalue weighted by molar-refractivity contribution is -0.137. The van der Waals surface area contributed by atoms with Crippen molar-refractivity contribution in [1.82, 2.24) is 28.4 Å². The average Bonchev–Trinajstić information content (AvgIpc) is 3.60. The lowest BCUT2D eigenvalue weighted by Gasteiger charge is -2.60. The van der Waals surface area contributed by atoms with Gasteiger partial charge in [-0.2, -0.15) is 13.2 Å². The van der Waals surface area contributed by atoms with E-state index in [-0.39, 0.29) is 22.3 Å². The Hall–Kier alpha value is -4.19. The normalized spacial score (nSPS) is 17.8. The van der Waals surface area contributed by atoms with Crippen LogP contribution in [-0.2, 0) is 19.6 Å². The summed E-state index contributed by atoms with van der Waals surface area (Å²) in [6.45, 7) is 3.29. The van der Waals surface area contributed by atoms with Crippen molar-refractivity contribution >= 4 is 45.7 Å². The highest BCUT2D eigenvalue weighted by atomic mass is 35.5. The number of carbonyl (C=O) groups excluding carboxylic acids is 1. The minimum atomic E-state index is -4.55. The van der Waals surface area contributed by atoms with E-state index in [0.29, 0.717) is 48.3 Å². The lowest BCUT2D eigenvalue weighted by atomic mass is 9.73. The summed E-state index contributed by atoms with van der Waals surface area (Å²) >= 11 is 6.02.